The van der Waals surface area contributed by atoms with Crippen LogP contribution in [0, 0.1) is 6.92 Å². The summed E-state index contributed by atoms with van der Waals surface area (Å²) in [4.78, 5) is 25.8. The van der Waals surface area contributed by atoms with E-state index in [1.54, 1.807) is 17.5 Å². The highest BCUT2D eigenvalue weighted by atomic mass is 32.1. The van der Waals surface area contributed by atoms with Crippen molar-refractivity contribution in [3.05, 3.63) is 47.2 Å². The number of hydrogen-bond acceptors (Lipinski definition) is 6. The number of nitrogens with zero attached hydrogens (tertiary/aromatic N) is 3. The van der Waals surface area contributed by atoms with Crippen molar-refractivity contribution in [3.63, 3.8) is 0 Å². The van der Waals surface area contributed by atoms with Crippen LogP contribution in [-0.4, -0.2) is 20.9 Å². The van der Waals surface area contributed by atoms with E-state index in [1.807, 2.05) is 37.3 Å². The van der Waals surface area contributed by atoms with Crippen LogP contribution in [0.5, 0.6) is 0 Å². The summed E-state index contributed by atoms with van der Waals surface area (Å²) >= 11 is 1.74. The van der Waals surface area contributed by atoms with E-state index < -0.39 is 0 Å². The minimum Gasteiger partial charge on any atom is -0.326 e. The quantitative estimate of drug-likeness (QED) is 0.696. The van der Waals surface area contributed by atoms with Crippen molar-refractivity contribution in [1.82, 2.24) is 15.0 Å². The zero-order valence-corrected chi connectivity index (χ0v) is 15.4. The minimum absolute atomic E-state index is 0.0905. The maximum atomic E-state index is 11.1. The first-order valence-corrected chi connectivity index (χ1v) is 9.35. The van der Waals surface area contributed by atoms with Gasteiger partial charge in [0.15, 0.2) is 0 Å². The van der Waals surface area contributed by atoms with Gasteiger partial charge in [0.2, 0.25) is 11.9 Å². The molecule has 2 heterocycles. The fraction of sp³-hybridized carbons (Fsp3) is 0.263. The summed E-state index contributed by atoms with van der Waals surface area (Å²) in [5.41, 5.74) is 3.53. The van der Waals surface area contributed by atoms with Gasteiger partial charge in [-0.1, -0.05) is 0 Å². The molecule has 0 bridgehead atoms. The fourth-order valence-corrected chi connectivity index (χ4v) is 3.88. The average Bonchev–Trinajstić information content (AvgIpc) is 3.39. The molecule has 2 N–H and O–H groups in total. The molecule has 0 spiro atoms. The highest BCUT2D eigenvalue weighted by Gasteiger charge is 2.28. The number of aromatic nitrogens is 3. The molecular formula is C19H19N5OS. The molecule has 0 unspecified atom stereocenters. The van der Waals surface area contributed by atoms with E-state index in [9.17, 15) is 4.79 Å². The molecule has 26 heavy (non-hydrogen) atoms. The molecule has 2 aromatic heterocycles. The van der Waals surface area contributed by atoms with Crippen molar-refractivity contribution in [2.75, 3.05) is 10.6 Å². The van der Waals surface area contributed by atoms with E-state index in [0.29, 0.717) is 11.9 Å². The molecule has 4 rings (SSSR count). The molecule has 0 atom stereocenters. The predicted octanol–water partition coefficient (Wildman–Crippen LogP) is 4.49. The van der Waals surface area contributed by atoms with Crippen molar-refractivity contribution in [1.29, 1.82) is 0 Å². The number of anilines is 3. The molecule has 1 aromatic carbocycles. The van der Waals surface area contributed by atoms with E-state index in [2.05, 4.69) is 20.6 Å². The highest BCUT2D eigenvalue weighted by Crippen LogP contribution is 2.44. The summed E-state index contributed by atoms with van der Waals surface area (Å²) in [7, 11) is 0. The van der Waals surface area contributed by atoms with Gasteiger partial charge in [-0.3, -0.25) is 4.79 Å². The Morgan fingerprint density at radius 1 is 1.12 bits per heavy atom. The number of hydrogen-bond donors (Lipinski definition) is 2. The normalized spacial score (nSPS) is 13.5. The van der Waals surface area contributed by atoms with Crippen molar-refractivity contribution >= 4 is 34.6 Å². The Kier molecular flexibility index (Phi) is 4.38. The SMILES string of the molecule is CC(=O)Nc1ccc(Nc2nccc(-c3sc(C4CC4)nc3C)n2)cc1. The van der Waals surface area contributed by atoms with Crippen LogP contribution in [0.15, 0.2) is 36.5 Å². The topological polar surface area (TPSA) is 79.8 Å². The number of rotatable bonds is 5. The molecule has 1 fully saturated rings. The molecule has 1 saturated carbocycles. The third-order valence-electron chi connectivity index (χ3n) is 4.09. The molecule has 1 aliphatic rings. The van der Waals surface area contributed by atoms with Gasteiger partial charge in [-0.25, -0.2) is 15.0 Å². The summed E-state index contributed by atoms with van der Waals surface area (Å²) in [6.07, 6.45) is 4.25. The number of carbonyl (C=O) groups excluding carboxylic acids is 1. The molecule has 7 heteroatoms. The minimum atomic E-state index is -0.0905. The van der Waals surface area contributed by atoms with Crippen LogP contribution in [0.1, 0.15) is 36.4 Å². The zero-order chi connectivity index (χ0) is 18.1. The van der Waals surface area contributed by atoms with Gasteiger partial charge in [0, 0.05) is 30.4 Å². The molecule has 0 aliphatic heterocycles. The second kappa shape index (κ2) is 6.84. The van der Waals surface area contributed by atoms with Crippen LogP contribution >= 0.6 is 11.3 Å². The smallest absolute Gasteiger partial charge is 0.227 e. The van der Waals surface area contributed by atoms with Crippen LogP contribution < -0.4 is 10.6 Å². The van der Waals surface area contributed by atoms with Crippen LogP contribution in [0.3, 0.4) is 0 Å². The first-order valence-electron chi connectivity index (χ1n) is 8.54. The highest BCUT2D eigenvalue weighted by molar-refractivity contribution is 7.15. The summed E-state index contributed by atoms with van der Waals surface area (Å²) in [5.74, 6) is 1.09. The van der Waals surface area contributed by atoms with Crippen LogP contribution in [0.2, 0.25) is 0 Å². The number of aryl methyl sites for hydroxylation is 1. The molecule has 1 aliphatic carbocycles. The Labute approximate surface area is 155 Å². The van der Waals surface area contributed by atoms with Gasteiger partial charge in [0.25, 0.3) is 0 Å². The summed E-state index contributed by atoms with van der Waals surface area (Å²) < 4.78 is 0. The summed E-state index contributed by atoms with van der Waals surface area (Å²) in [5, 5.41) is 7.17. The molecule has 0 saturated heterocycles. The Morgan fingerprint density at radius 2 is 1.85 bits per heavy atom. The van der Waals surface area contributed by atoms with Gasteiger partial charge < -0.3 is 10.6 Å². The lowest BCUT2D eigenvalue weighted by molar-refractivity contribution is -0.114. The van der Waals surface area contributed by atoms with Gasteiger partial charge in [-0.15, -0.1) is 11.3 Å². The molecule has 0 radical (unpaired) electrons. The van der Waals surface area contributed by atoms with Gasteiger partial charge in [0.05, 0.1) is 21.3 Å². The number of nitrogens with one attached hydrogen (secondary N) is 2. The number of amides is 1. The average molecular weight is 365 g/mol. The van der Waals surface area contributed by atoms with Crippen LogP contribution in [0.4, 0.5) is 17.3 Å². The Balaban J connectivity index is 1.53. The largest absolute Gasteiger partial charge is 0.326 e. The van der Waals surface area contributed by atoms with Crippen molar-refractivity contribution in [2.45, 2.75) is 32.6 Å². The van der Waals surface area contributed by atoms with Gasteiger partial charge >= 0.3 is 0 Å². The van der Waals surface area contributed by atoms with E-state index in [-0.39, 0.29) is 5.91 Å². The molecule has 3 aromatic rings. The number of carbonyl (C=O) groups is 1. The van der Waals surface area contributed by atoms with Gasteiger partial charge in [-0.2, -0.15) is 0 Å². The number of thiazole rings is 1. The van der Waals surface area contributed by atoms with Gasteiger partial charge in [-0.05, 0) is 50.1 Å². The third kappa shape index (κ3) is 3.72. The standard InChI is InChI=1S/C19H19N5OS/c1-11-17(26-18(21-11)13-3-4-13)16-9-10-20-19(24-16)23-15-7-5-14(6-8-15)22-12(2)25/h5-10,13H,3-4H2,1-2H3,(H,22,25)(H,20,23,24). The van der Waals surface area contributed by atoms with E-state index in [4.69, 9.17) is 4.98 Å². The van der Waals surface area contributed by atoms with E-state index >= 15 is 0 Å². The van der Waals surface area contributed by atoms with Crippen LogP contribution in [-0.2, 0) is 4.79 Å². The monoisotopic (exact) mass is 365 g/mol. The van der Waals surface area contributed by atoms with Crippen LogP contribution in [0.25, 0.3) is 10.6 Å². The lowest BCUT2D eigenvalue weighted by Crippen LogP contribution is -2.05. The van der Waals surface area contributed by atoms with Gasteiger partial charge in [0.1, 0.15) is 0 Å². The molecule has 6 nitrogen and oxygen atoms in total. The fourth-order valence-electron chi connectivity index (χ4n) is 2.67. The van der Waals surface area contributed by atoms with E-state index in [1.165, 1.54) is 24.8 Å². The predicted molar refractivity (Wildman–Crippen MR) is 104 cm³/mol. The third-order valence-corrected chi connectivity index (χ3v) is 5.43. The van der Waals surface area contributed by atoms with Crippen molar-refractivity contribution < 1.29 is 4.79 Å². The maximum absolute atomic E-state index is 11.1. The lowest BCUT2D eigenvalue weighted by atomic mass is 10.2. The number of benzene rings is 1. The molecule has 1 amide bonds. The second-order valence-electron chi connectivity index (χ2n) is 6.39. The second-order valence-corrected chi connectivity index (χ2v) is 7.42. The Bertz CT molecular complexity index is 947. The summed E-state index contributed by atoms with van der Waals surface area (Å²) in [6, 6.07) is 9.35. The Morgan fingerprint density at radius 3 is 2.54 bits per heavy atom. The van der Waals surface area contributed by atoms with E-state index in [0.717, 1.165) is 27.6 Å². The lowest BCUT2D eigenvalue weighted by Gasteiger charge is -2.07. The molecule has 132 valence electrons. The first kappa shape index (κ1) is 16.7. The maximum Gasteiger partial charge on any atom is 0.227 e. The van der Waals surface area contributed by atoms with Crippen molar-refractivity contribution in [3.8, 4) is 10.6 Å². The van der Waals surface area contributed by atoms with Crippen molar-refractivity contribution in [2.24, 2.45) is 0 Å². The zero-order valence-electron chi connectivity index (χ0n) is 14.6. The molecular weight excluding hydrogens is 346 g/mol. The first-order chi connectivity index (χ1) is 12.6. The summed E-state index contributed by atoms with van der Waals surface area (Å²) in [6.45, 7) is 3.52. The Hall–Kier alpha value is -2.80.